The number of carbonyl (C=O) groups is 1. The van der Waals surface area contributed by atoms with E-state index in [9.17, 15) is 4.79 Å². The first-order chi connectivity index (χ1) is 9.79. The molecular formula is C16H14N2OS. The summed E-state index contributed by atoms with van der Waals surface area (Å²) in [6.45, 7) is 0.592. The van der Waals surface area contributed by atoms with Gasteiger partial charge in [0.25, 0.3) is 5.91 Å². The number of hydrogen-bond donors (Lipinski definition) is 1. The van der Waals surface area contributed by atoms with Crippen molar-refractivity contribution in [1.29, 1.82) is 5.26 Å². The summed E-state index contributed by atoms with van der Waals surface area (Å²) >= 11 is 1.70. The predicted molar refractivity (Wildman–Crippen MR) is 80.7 cm³/mol. The Morgan fingerprint density at radius 1 is 1.15 bits per heavy atom. The van der Waals surface area contributed by atoms with Crippen LogP contribution in [0.3, 0.4) is 0 Å². The highest BCUT2D eigenvalue weighted by Gasteiger charge is 2.05. The Kier molecular flexibility index (Phi) is 5.22. The molecule has 0 aromatic heterocycles. The van der Waals surface area contributed by atoms with E-state index in [1.54, 1.807) is 36.0 Å². The van der Waals surface area contributed by atoms with E-state index in [1.165, 1.54) is 4.90 Å². The molecule has 1 amide bonds. The molecule has 2 aromatic carbocycles. The molecule has 0 aliphatic carbocycles. The van der Waals surface area contributed by atoms with E-state index >= 15 is 0 Å². The first-order valence-electron chi connectivity index (χ1n) is 6.26. The second-order valence-corrected chi connectivity index (χ2v) is 5.28. The summed E-state index contributed by atoms with van der Waals surface area (Å²) in [6.07, 6.45) is 0. The maximum absolute atomic E-state index is 11.9. The second-order valence-electron chi connectivity index (χ2n) is 4.11. The zero-order valence-corrected chi connectivity index (χ0v) is 11.7. The lowest BCUT2D eigenvalue weighted by Crippen LogP contribution is -2.25. The topological polar surface area (TPSA) is 52.9 Å². The molecule has 2 rings (SSSR count). The van der Waals surface area contributed by atoms with Gasteiger partial charge in [0.05, 0.1) is 11.6 Å². The third-order valence-electron chi connectivity index (χ3n) is 2.65. The van der Waals surface area contributed by atoms with Crippen LogP contribution in [0.15, 0.2) is 59.5 Å². The van der Waals surface area contributed by atoms with Crippen molar-refractivity contribution in [3.05, 3.63) is 65.7 Å². The number of nitrogens with one attached hydrogen (secondary N) is 1. The van der Waals surface area contributed by atoms with Crippen molar-refractivity contribution in [3.63, 3.8) is 0 Å². The quantitative estimate of drug-likeness (QED) is 0.677. The van der Waals surface area contributed by atoms with E-state index in [4.69, 9.17) is 5.26 Å². The zero-order chi connectivity index (χ0) is 14.2. The molecular weight excluding hydrogens is 268 g/mol. The number of nitrogens with zero attached hydrogens (tertiary/aromatic N) is 1. The van der Waals surface area contributed by atoms with Gasteiger partial charge in [-0.25, -0.2) is 0 Å². The summed E-state index contributed by atoms with van der Waals surface area (Å²) < 4.78 is 0. The fourth-order valence-corrected chi connectivity index (χ4v) is 2.47. The molecule has 2 aromatic rings. The first kappa shape index (κ1) is 14.2. The lowest BCUT2D eigenvalue weighted by atomic mass is 10.1. The molecule has 4 heteroatoms. The third-order valence-corrected chi connectivity index (χ3v) is 3.67. The van der Waals surface area contributed by atoms with Gasteiger partial charge in [0.15, 0.2) is 0 Å². The van der Waals surface area contributed by atoms with Crippen molar-refractivity contribution in [2.24, 2.45) is 0 Å². The Morgan fingerprint density at radius 2 is 1.95 bits per heavy atom. The lowest BCUT2D eigenvalue weighted by molar-refractivity contribution is 0.0956. The Balaban J connectivity index is 1.79. The fraction of sp³-hybridized carbons (Fsp3) is 0.125. The smallest absolute Gasteiger partial charge is 0.251 e. The normalized spacial score (nSPS) is 9.75. The summed E-state index contributed by atoms with van der Waals surface area (Å²) in [4.78, 5) is 13.1. The summed E-state index contributed by atoms with van der Waals surface area (Å²) in [6, 6.07) is 18.8. The summed E-state index contributed by atoms with van der Waals surface area (Å²) in [5, 5.41) is 11.7. The molecule has 0 atom stereocenters. The molecule has 0 bridgehead atoms. The van der Waals surface area contributed by atoms with Crippen LogP contribution in [-0.4, -0.2) is 18.2 Å². The van der Waals surface area contributed by atoms with E-state index in [2.05, 4.69) is 5.32 Å². The summed E-state index contributed by atoms with van der Waals surface area (Å²) in [5.74, 6) is 0.670. The highest BCUT2D eigenvalue weighted by molar-refractivity contribution is 7.99. The molecule has 0 radical (unpaired) electrons. The van der Waals surface area contributed by atoms with Crippen molar-refractivity contribution in [3.8, 4) is 6.07 Å². The maximum atomic E-state index is 11.9. The van der Waals surface area contributed by atoms with Crippen LogP contribution >= 0.6 is 11.8 Å². The highest BCUT2D eigenvalue weighted by atomic mass is 32.2. The van der Waals surface area contributed by atoms with E-state index in [-0.39, 0.29) is 5.91 Å². The van der Waals surface area contributed by atoms with Gasteiger partial charge in [0.1, 0.15) is 0 Å². The fourth-order valence-electron chi connectivity index (χ4n) is 1.68. The van der Waals surface area contributed by atoms with Gasteiger partial charge in [-0.1, -0.05) is 24.3 Å². The molecule has 0 aliphatic rings. The second kappa shape index (κ2) is 7.37. The average Bonchev–Trinajstić information content (AvgIpc) is 2.52. The maximum Gasteiger partial charge on any atom is 0.251 e. The minimum absolute atomic E-state index is 0.143. The van der Waals surface area contributed by atoms with Gasteiger partial charge in [0, 0.05) is 22.8 Å². The Hall–Kier alpha value is -2.25. The molecule has 0 spiro atoms. The van der Waals surface area contributed by atoms with Crippen LogP contribution in [0.25, 0.3) is 0 Å². The van der Waals surface area contributed by atoms with Gasteiger partial charge >= 0.3 is 0 Å². The largest absolute Gasteiger partial charge is 0.351 e. The van der Waals surface area contributed by atoms with E-state index < -0.39 is 0 Å². The molecule has 0 fully saturated rings. The number of rotatable bonds is 5. The molecule has 0 heterocycles. The van der Waals surface area contributed by atoms with Crippen LogP contribution in [0.2, 0.25) is 0 Å². The van der Waals surface area contributed by atoms with E-state index in [0.29, 0.717) is 17.7 Å². The average molecular weight is 282 g/mol. The molecule has 0 saturated heterocycles. The van der Waals surface area contributed by atoms with Gasteiger partial charge in [-0.15, -0.1) is 11.8 Å². The molecule has 3 nitrogen and oxygen atoms in total. The minimum atomic E-state index is -0.143. The molecule has 1 N–H and O–H groups in total. The summed E-state index contributed by atoms with van der Waals surface area (Å²) in [7, 11) is 0. The molecule has 100 valence electrons. The molecule has 0 unspecified atom stereocenters. The van der Waals surface area contributed by atoms with Gasteiger partial charge < -0.3 is 5.32 Å². The third kappa shape index (κ3) is 4.15. The molecule has 0 saturated carbocycles. The van der Waals surface area contributed by atoms with Crippen LogP contribution in [0, 0.1) is 11.3 Å². The number of amides is 1. The number of hydrogen-bond acceptors (Lipinski definition) is 3. The van der Waals surface area contributed by atoms with Gasteiger partial charge in [-0.3, -0.25) is 4.79 Å². The van der Waals surface area contributed by atoms with Crippen LogP contribution in [0.1, 0.15) is 15.9 Å². The SMILES string of the molecule is N#Cc1cccc(C(=O)NCCSc2ccccc2)c1. The number of benzene rings is 2. The van der Waals surface area contributed by atoms with Crippen LogP contribution < -0.4 is 5.32 Å². The molecule has 20 heavy (non-hydrogen) atoms. The Labute approximate surface area is 122 Å². The van der Waals surface area contributed by atoms with E-state index in [0.717, 1.165) is 5.75 Å². The number of thioether (sulfide) groups is 1. The summed E-state index contributed by atoms with van der Waals surface area (Å²) in [5.41, 5.74) is 1.02. The van der Waals surface area contributed by atoms with Crippen molar-refractivity contribution in [1.82, 2.24) is 5.32 Å². The number of carbonyl (C=O) groups excluding carboxylic acids is 1. The van der Waals surface area contributed by atoms with Crippen LogP contribution in [0.4, 0.5) is 0 Å². The Bertz CT molecular complexity index is 620. The zero-order valence-electron chi connectivity index (χ0n) is 10.9. The molecule has 0 aliphatic heterocycles. The standard InChI is InChI=1S/C16H14N2OS/c17-12-13-5-4-6-14(11-13)16(19)18-9-10-20-15-7-2-1-3-8-15/h1-8,11H,9-10H2,(H,18,19). The van der Waals surface area contributed by atoms with Crippen LogP contribution in [-0.2, 0) is 0 Å². The van der Waals surface area contributed by atoms with Gasteiger partial charge in [-0.05, 0) is 30.3 Å². The monoisotopic (exact) mass is 282 g/mol. The van der Waals surface area contributed by atoms with Crippen molar-refractivity contribution in [2.75, 3.05) is 12.3 Å². The van der Waals surface area contributed by atoms with Gasteiger partial charge in [0.2, 0.25) is 0 Å². The van der Waals surface area contributed by atoms with Crippen molar-refractivity contribution >= 4 is 17.7 Å². The van der Waals surface area contributed by atoms with Crippen molar-refractivity contribution in [2.45, 2.75) is 4.90 Å². The predicted octanol–water partition coefficient (Wildman–Crippen LogP) is 3.08. The van der Waals surface area contributed by atoms with Crippen LogP contribution in [0.5, 0.6) is 0 Å². The van der Waals surface area contributed by atoms with Gasteiger partial charge in [-0.2, -0.15) is 5.26 Å². The van der Waals surface area contributed by atoms with E-state index in [1.807, 2.05) is 36.4 Å². The highest BCUT2D eigenvalue weighted by Crippen LogP contribution is 2.15. The lowest BCUT2D eigenvalue weighted by Gasteiger charge is -2.05. The Morgan fingerprint density at radius 3 is 2.70 bits per heavy atom. The minimum Gasteiger partial charge on any atom is -0.351 e. The number of nitriles is 1. The van der Waals surface area contributed by atoms with Crippen molar-refractivity contribution < 1.29 is 4.79 Å². The first-order valence-corrected chi connectivity index (χ1v) is 7.24.